The van der Waals surface area contributed by atoms with Crippen LogP contribution in [0.5, 0.6) is 5.75 Å². The number of hydrogen-bond donors (Lipinski definition) is 0. The minimum absolute atomic E-state index is 0. The van der Waals surface area contributed by atoms with E-state index in [2.05, 4.69) is 9.97 Å². The van der Waals surface area contributed by atoms with E-state index in [9.17, 15) is 18.0 Å². The molecule has 0 spiro atoms. The Kier molecular flexibility index (Phi) is 8.32. The number of amides is 1. The number of ether oxygens (including phenoxy) is 1. The number of nitrogens with zero attached hydrogens (tertiary/aromatic N) is 4. The van der Waals surface area contributed by atoms with Crippen LogP contribution in [0.15, 0.2) is 30.5 Å². The van der Waals surface area contributed by atoms with Crippen LogP contribution in [0.1, 0.15) is 46.0 Å². The summed E-state index contributed by atoms with van der Waals surface area (Å²) in [5.74, 6) is 2.54. The van der Waals surface area contributed by atoms with Gasteiger partial charge in [-0.3, -0.25) is 4.79 Å². The van der Waals surface area contributed by atoms with Crippen LogP contribution in [0, 0.1) is 11.8 Å². The summed E-state index contributed by atoms with van der Waals surface area (Å²) in [7, 11) is 1.85. The average Bonchev–Trinajstić information content (AvgIpc) is 2.69. The van der Waals surface area contributed by atoms with Gasteiger partial charge in [-0.25, -0.2) is 9.97 Å². The maximum absolute atomic E-state index is 12.8. The van der Waals surface area contributed by atoms with Crippen LogP contribution in [0.4, 0.5) is 24.7 Å². The number of benzene rings is 1. The number of carbonyl (C=O) groups is 1. The first-order valence-corrected chi connectivity index (χ1v) is 10.4. The summed E-state index contributed by atoms with van der Waals surface area (Å²) in [6.45, 7) is 3.21. The van der Waals surface area contributed by atoms with Gasteiger partial charge >= 0.3 is 6.18 Å². The Morgan fingerprint density at radius 3 is 2.58 bits per heavy atom. The number of rotatable bonds is 6. The van der Waals surface area contributed by atoms with Crippen molar-refractivity contribution >= 4 is 17.4 Å². The fraction of sp³-hybridized carbons (Fsp3) is 0.542. The van der Waals surface area contributed by atoms with Gasteiger partial charge in [-0.2, -0.15) is 13.2 Å². The standard InChI is InChI=1S/C22H25F3N4O2.2CH4/c1-3-29-18-11-26-19(27-21(18)28(2)12-20(29)30)9-14-7-15(8-14)13-31-17-6-4-5-16(10-17)22(23,24)25;;/h4-6,10-11,14-15H,3,7-9,12-13H2,1-2H3;2*1H4. The van der Waals surface area contributed by atoms with E-state index in [0.29, 0.717) is 31.5 Å². The van der Waals surface area contributed by atoms with E-state index in [1.165, 1.54) is 6.07 Å². The van der Waals surface area contributed by atoms with Crippen molar-refractivity contribution in [3.05, 3.63) is 41.9 Å². The van der Waals surface area contributed by atoms with E-state index in [-0.39, 0.29) is 26.5 Å². The summed E-state index contributed by atoms with van der Waals surface area (Å²) in [5.41, 5.74) is 0.0420. The second-order valence-corrected chi connectivity index (χ2v) is 8.23. The molecule has 1 aromatic heterocycles. The topological polar surface area (TPSA) is 58.6 Å². The third-order valence-corrected chi connectivity index (χ3v) is 5.89. The third-order valence-electron chi connectivity index (χ3n) is 5.89. The first-order chi connectivity index (χ1) is 14.7. The predicted octanol–water partition coefficient (Wildman–Crippen LogP) is 5.22. The van der Waals surface area contributed by atoms with Gasteiger partial charge in [0.25, 0.3) is 0 Å². The molecule has 2 aliphatic rings. The highest BCUT2D eigenvalue weighted by atomic mass is 19.4. The zero-order valence-electron chi connectivity index (χ0n) is 17.5. The first kappa shape index (κ1) is 26.4. The Morgan fingerprint density at radius 1 is 1.18 bits per heavy atom. The molecule has 0 N–H and O–H groups in total. The Hall–Kier alpha value is -2.84. The lowest BCUT2D eigenvalue weighted by Crippen LogP contribution is -2.45. The minimum Gasteiger partial charge on any atom is -0.493 e. The van der Waals surface area contributed by atoms with Crippen LogP contribution in [-0.4, -0.2) is 42.6 Å². The molecule has 182 valence electrons. The molecule has 1 aromatic carbocycles. The van der Waals surface area contributed by atoms with E-state index < -0.39 is 11.7 Å². The molecule has 0 bridgehead atoms. The molecule has 1 aliphatic carbocycles. The molecular weight excluding hydrogens is 433 g/mol. The number of likely N-dealkylation sites (N-methyl/N-ethyl adjacent to an activating group) is 2. The van der Waals surface area contributed by atoms with Crippen LogP contribution in [0.25, 0.3) is 0 Å². The van der Waals surface area contributed by atoms with Crippen LogP contribution in [0.2, 0.25) is 0 Å². The van der Waals surface area contributed by atoms with E-state index in [1.54, 1.807) is 17.2 Å². The molecule has 0 saturated heterocycles. The van der Waals surface area contributed by atoms with Gasteiger partial charge in [0, 0.05) is 20.0 Å². The fourth-order valence-electron chi connectivity index (χ4n) is 4.23. The summed E-state index contributed by atoms with van der Waals surface area (Å²) in [6.07, 6.45) is -0.0577. The van der Waals surface area contributed by atoms with Crippen molar-refractivity contribution in [2.75, 3.05) is 36.5 Å². The molecule has 0 atom stereocenters. The summed E-state index contributed by atoms with van der Waals surface area (Å²) in [4.78, 5) is 24.8. The second-order valence-electron chi connectivity index (χ2n) is 8.23. The average molecular weight is 467 g/mol. The number of halogens is 3. The third kappa shape index (κ3) is 5.75. The molecule has 6 nitrogen and oxygen atoms in total. The normalized spacial score (nSPS) is 19.7. The molecule has 0 unspecified atom stereocenters. The number of anilines is 2. The Labute approximate surface area is 193 Å². The van der Waals surface area contributed by atoms with Crippen molar-refractivity contribution in [1.82, 2.24) is 9.97 Å². The van der Waals surface area contributed by atoms with Crippen molar-refractivity contribution in [3.63, 3.8) is 0 Å². The molecule has 33 heavy (non-hydrogen) atoms. The van der Waals surface area contributed by atoms with Gasteiger partial charge in [0.05, 0.1) is 24.9 Å². The summed E-state index contributed by atoms with van der Waals surface area (Å²) >= 11 is 0. The molecule has 9 heteroatoms. The quantitative estimate of drug-likeness (QED) is 0.584. The van der Waals surface area contributed by atoms with Crippen LogP contribution in [0.3, 0.4) is 0 Å². The smallest absolute Gasteiger partial charge is 0.416 e. The SMILES string of the molecule is C.C.CCN1C(=O)CN(C)c2nc(CC3CC(COc4cccc(C(F)(F)F)c4)C3)ncc21. The second kappa shape index (κ2) is 10.4. The highest BCUT2D eigenvalue weighted by Gasteiger charge is 2.33. The Morgan fingerprint density at radius 2 is 1.91 bits per heavy atom. The first-order valence-electron chi connectivity index (χ1n) is 10.4. The molecule has 2 aromatic rings. The van der Waals surface area contributed by atoms with E-state index >= 15 is 0 Å². The lowest BCUT2D eigenvalue weighted by atomic mass is 9.73. The van der Waals surface area contributed by atoms with Crippen molar-refractivity contribution in [1.29, 1.82) is 0 Å². The number of alkyl halides is 3. The van der Waals surface area contributed by atoms with Crippen LogP contribution >= 0.6 is 0 Å². The van der Waals surface area contributed by atoms with E-state index in [1.807, 2.05) is 18.9 Å². The number of aromatic nitrogens is 2. The Bertz CT molecular complexity index is 961. The zero-order chi connectivity index (χ0) is 22.2. The predicted molar refractivity (Wildman–Crippen MR) is 124 cm³/mol. The fourth-order valence-corrected chi connectivity index (χ4v) is 4.23. The molecule has 1 saturated carbocycles. The number of fused-ring (bicyclic) bond motifs is 1. The van der Waals surface area contributed by atoms with Crippen molar-refractivity contribution in [2.45, 2.75) is 47.2 Å². The van der Waals surface area contributed by atoms with Crippen LogP contribution in [-0.2, 0) is 17.4 Å². The van der Waals surface area contributed by atoms with Crippen molar-refractivity contribution in [3.8, 4) is 5.75 Å². The lowest BCUT2D eigenvalue weighted by molar-refractivity contribution is -0.137. The van der Waals surface area contributed by atoms with Gasteiger partial charge in [0.15, 0.2) is 5.82 Å². The lowest BCUT2D eigenvalue weighted by Gasteiger charge is -2.36. The van der Waals surface area contributed by atoms with Gasteiger partial charge in [0.2, 0.25) is 5.91 Å². The summed E-state index contributed by atoms with van der Waals surface area (Å²) < 4.78 is 44.0. The number of carbonyl (C=O) groups excluding carboxylic acids is 1. The highest BCUT2D eigenvalue weighted by molar-refractivity contribution is 6.01. The largest absolute Gasteiger partial charge is 0.493 e. The molecule has 2 heterocycles. The number of hydrogen-bond acceptors (Lipinski definition) is 5. The van der Waals surface area contributed by atoms with Crippen LogP contribution < -0.4 is 14.5 Å². The van der Waals surface area contributed by atoms with Gasteiger partial charge in [-0.1, -0.05) is 20.9 Å². The van der Waals surface area contributed by atoms with Gasteiger partial charge < -0.3 is 14.5 Å². The molecule has 1 aliphatic heterocycles. The maximum atomic E-state index is 12.8. The Balaban J connectivity index is 0.00000193. The summed E-state index contributed by atoms with van der Waals surface area (Å²) in [5, 5.41) is 0. The molecule has 0 radical (unpaired) electrons. The molecular formula is C24H33F3N4O2. The van der Waals surface area contributed by atoms with Crippen molar-refractivity contribution < 1.29 is 22.7 Å². The summed E-state index contributed by atoms with van der Waals surface area (Å²) in [6, 6.07) is 4.99. The molecule has 4 rings (SSSR count). The van der Waals surface area contributed by atoms with Gasteiger partial charge in [-0.05, 0) is 49.8 Å². The molecule has 1 fully saturated rings. The maximum Gasteiger partial charge on any atom is 0.416 e. The van der Waals surface area contributed by atoms with Gasteiger partial charge in [0.1, 0.15) is 17.3 Å². The minimum atomic E-state index is -4.37. The van der Waals surface area contributed by atoms with Gasteiger partial charge in [-0.15, -0.1) is 0 Å². The van der Waals surface area contributed by atoms with E-state index in [4.69, 9.17) is 4.74 Å². The van der Waals surface area contributed by atoms with Crippen molar-refractivity contribution in [2.24, 2.45) is 11.8 Å². The highest BCUT2D eigenvalue weighted by Crippen LogP contribution is 2.38. The molecule has 1 amide bonds. The monoisotopic (exact) mass is 466 g/mol. The van der Waals surface area contributed by atoms with E-state index in [0.717, 1.165) is 48.7 Å². The zero-order valence-corrected chi connectivity index (χ0v) is 17.5.